The van der Waals surface area contributed by atoms with Crippen molar-refractivity contribution in [2.45, 2.75) is 18.9 Å². The largest absolute Gasteiger partial charge is 0.490 e. The first kappa shape index (κ1) is 13.4. The zero-order valence-corrected chi connectivity index (χ0v) is 12.0. The van der Waals surface area contributed by atoms with Gasteiger partial charge in [-0.1, -0.05) is 0 Å². The number of hydrogen-bond donors (Lipinski definition) is 2. The summed E-state index contributed by atoms with van der Waals surface area (Å²) in [7, 11) is 2.13. The van der Waals surface area contributed by atoms with Crippen LogP contribution in [0.4, 0.5) is 0 Å². The molecule has 1 aromatic carbocycles. The Balaban J connectivity index is 2.02. The molecule has 0 amide bonds. The van der Waals surface area contributed by atoms with Crippen LogP contribution in [-0.2, 0) is 0 Å². The molecule has 0 aromatic heterocycles. The molecule has 0 spiro atoms. The molecule has 1 aliphatic rings. The molecular formula is C13H18BrN3O. The summed E-state index contributed by atoms with van der Waals surface area (Å²) < 4.78 is 6.76. The molecule has 98 valence electrons. The number of nitrogens with one attached hydrogen (secondary N) is 1. The van der Waals surface area contributed by atoms with Gasteiger partial charge in [0.15, 0.2) is 0 Å². The van der Waals surface area contributed by atoms with Crippen molar-refractivity contribution in [3.8, 4) is 5.75 Å². The van der Waals surface area contributed by atoms with Crippen LogP contribution in [0.2, 0.25) is 0 Å². The van der Waals surface area contributed by atoms with E-state index in [-0.39, 0.29) is 11.9 Å². The Labute approximate surface area is 116 Å². The number of amidine groups is 1. The van der Waals surface area contributed by atoms with Crippen LogP contribution in [0, 0.1) is 5.41 Å². The molecule has 0 radical (unpaired) electrons. The van der Waals surface area contributed by atoms with Crippen LogP contribution in [0.3, 0.4) is 0 Å². The smallest absolute Gasteiger partial charge is 0.123 e. The van der Waals surface area contributed by atoms with E-state index in [1.54, 1.807) is 0 Å². The first-order chi connectivity index (χ1) is 8.56. The average molecular weight is 312 g/mol. The van der Waals surface area contributed by atoms with Crippen molar-refractivity contribution in [2.24, 2.45) is 5.73 Å². The maximum Gasteiger partial charge on any atom is 0.123 e. The van der Waals surface area contributed by atoms with E-state index in [0.29, 0.717) is 5.56 Å². The summed E-state index contributed by atoms with van der Waals surface area (Å²) in [6, 6.07) is 5.57. The van der Waals surface area contributed by atoms with E-state index in [0.717, 1.165) is 36.2 Å². The highest BCUT2D eigenvalue weighted by Crippen LogP contribution is 2.25. The van der Waals surface area contributed by atoms with Crippen LogP contribution in [0.1, 0.15) is 18.4 Å². The van der Waals surface area contributed by atoms with Gasteiger partial charge >= 0.3 is 0 Å². The Morgan fingerprint density at radius 3 is 2.67 bits per heavy atom. The van der Waals surface area contributed by atoms with Gasteiger partial charge in [0.1, 0.15) is 17.7 Å². The minimum atomic E-state index is 0.0627. The van der Waals surface area contributed by atoms with Crippen molar-refractivity contribution in [2.75, 3.05) is 20.1 Å². The molecular weight excluding hydrogens is 294 g/mol. The van der Waals surface area contributed by atoms with Gasteiger partial charge in [0, 0.05) is 23.1 Å². The average Bonchev–Trinajstić information content (AvgIpc) is 2.32. The highest BCUT2D eigenvalue weighted by atomic mass is 79.9. The van der Waals surface area contributed by atoms with Crippen LogP contribution < -0.4 is 10.5 Å². The van der Waals surface area contributed by atoms with Crippen LogP contribution in [-0.4, -0.2) is 37.0 Å². The Hall–Kier alpha value is -1.07. The summed E-state index contributed by atoms with van der Waals surface area (Å²) in [6.07, 6.45) is 2.40. The third kappa shape index (κ3) is 3.23. The monoisotopic (exact) mass is 311 g/mol. The third-order valence-corrected chi connectivity index (χ3v) is 3.86. The Morgan fingerprint density at radius 1 is 1.44 bits per heavy atom. The van der Waals surface area contributed by atoms with Crippen molar-refractivity contribution in [1.29, 1.82) is 5.41 Å². The molecule has 0 saturated carbocycles. The molecule has 0 unspecified atom stereocenters. The lowest BCUT2D eigenvalue weighted by atomic mass is 10.1. The van der Waals surface area contributed by atoms with Gasteiger partial charge < -0.3 is 15.4 Å². The van der Waals surface area contributed by atoms with E-state index >= 15 is 0 Å². The van der Waals surface area contributed by atoms with Gasteiger partial charge in [-0.25, -0.2) is 0 Å². The number of nitrogens with zero attached hydrogens (tertiary/aromatic N) is 1. The van der Waals surface area contributed by atoms with Crippen molar-refractivity contribution < 1.29 is 4.74 Å². The van der Waals surface area contributed by atoms with Gasteiger partial charge in [-0.15, -0.1) is 0 Å². The Kier molecular flexibility index (Phi) is 4.24. The first-order valence-electron chi connectivity index (χ1n) is 6.05. The third-order valence-electron chi connectivity index (χ3n) is 3.20. The van der Waals surface area contributed by atoms with Crippen LogP contribution in [0.15, 0.2) is 22.7 Å². The lowest BCUT2D eigenvalue weighted by molar-refractivity contribution is 0.114. The maximum atomic E-state index is 7.42. The van der Waals surface area contributed by atoms with Gasteiger partial charge in [0.25, 0.3) is 0 Å². The molecule has 0 aliphatic carbocycles. The zero-order valence-electron chi connectivity index (χ0n) is 10.4. The lowest BCUT2D eigenvalue weighted by Gasteiger charge is -2.29. The molecule has 0 atom stereocenters. The first-order valence-corrected chi connectivity index (χ1v) is 6.84. The summed E-state index contributed by atoms with van der Waals surface area (Å²) in [6.45, 7) is 2.16. The number of halogens is 1. The fraction of sp³-hybridized carbons (Fsp3) is 0.462. The molecule has 18 heavy (non-hydrogen) atoms. The maximum absolute atomic E-state index is 7.42. The number of hydrogen-bond acceptors (Lipinski definition) is 3. The Morgan fingerprint density at radius 2 is 2.11 bits per heavy atom. The number of rotatable bonds is 3. The van der Waals surface area contributed by atoms with E-state index in [9.17, 15) is 0 Å². The summed E-state index contributed by atoms with van der Waals surface area (Å²) in [5, 5.41) is 7.42. The van der Waals surface area contributed by atoms with Crippen LogP contribution >= 0.6 is 15.9 Å². The molecule has 1 heterocycles. The second-order valence-electron chi connectivity index (χ2n) is 4.68. The van der Waals surface area contributed by atoms with Gasteiger partial charge in [0.2, 0.25) is 0 Å². The van der Waals surface area contributed by atoms with Crippen molar-refractivity contribution in [1.82, 2.24) is 4.90 Å². The van der Waals surface area contributed by atoms with Crippen LogP contribution in [0.5, 0.6) is 5.75 Å². The molecule has 1 fully saturated rings. The standard InChI is InChI=1S/C13H18BrN3O/c1-17-6-4-9(5-7-17)18-10-2-3-11(13(15)16)12(14)8-10/h2-3,8-9H,4-7H2,1H3,(H3,15,16). The van der Waals surface area contributed by atoms with Crippen LogP contribution in [0.25, 0.3) is 0 Å². The number of ether oxygens (including phenoxy) is 1. The van der Waals surface area contributed by atoms with Gasteiger partial charge in [0.05, 0.1) is 0 Å². The second-order valence-corrected chi connectivity index (χ2v) is 5.53. The van der Waals surface area contributed by atoms with E-state index in [1.165, 1.54) is 0 Å². The lowest BCUT2D eigenvalue weighted by Crippen LogP contribution is -2.35. The summed E-state index contributed by atoms with van der Waals surface area (Å²) in [4.78, 5) is 2.31. The quantitative estimate of drug-likeness (QED) is 0.664. The van der Waals surface area contributed by atoms with E-state index in [1.807, 2.05) is 18.2 Å². The normalized spacial score (nSPS) is 17.7. The topological polar surface area (TPSA) is 62.3 Å². The number of benzene rings is 1. The molecule has 1 aromatic rings. The molecule has 0 bridgehead atoms. The SMILES string of the molecule is CN1CCC(Oc2ccc(C(=N)N)c(Br)c2)CC1. The number of nitrogen functional groups attached to an aromatic ring is 1. The van der Waals surface area contributed by atoms with Gasteiger partial charge in [-0.05, 0) is 54.0 Å². The summed E-state index contributed by atoms with van der Waals surface area (Å²) >= 11 is 3.41. The minimum Gasteiger partial charge on any atom is -0.490 e. The highest BCUT2D eigenvalue weighted by Gasteiger charge is 2.18. The minimum absolute atomic E-state index is 0.0627. The molecule has 2 rings (SSSR count). The molecule has 1 saturated heterocycles. The predicted octanol–water partition coefficient (Wildman–Crippen LogP) is 2.21. The molecule has 5 heteroatoms. The molecule has 4 nitrogen and oxygen atoms in total. The summed E-state index contributed by atoms with van der Waals surface area (Å²) in [5.41, 5.74) is 6.17. The number of piperidine rings is 1. The highest BCUT2D eigenvalue weighted by molar-refractivity contribution is 9.10. The summed E-state index contributed by atoms with van der Waals surface area (Å²) in [5.74, 6) is 0.897. The van der Waals surface area contributed by atoms with E-state index in [4.69, 9.17) is 15.9 Å². The second kappa shape index (κ2) is 5.71. The van der Waals surface area contributed by atoms with Crippen molar-refractivity contribution >= 4 is 21.8 Å². The number of likely N-dealkylation sites (tertiary alicyclic amines) is 1. The van der Waals surface area contributed by atoms with Crippen molar-refractivity contribution in [3.63, 3.8) is 0 Å². The van der Waals surface area contributed by atoms with Gasteiger partial charge in [-0.3, -0.25) is 5.41 Å². The van der Waals surface area contributed by atoms with E-state index < -0.39 is 0 Å². The Bertz CT molecular complexity index is 442. The van der Waals surface area contributed by atoms with Gasteiger partial charge in [-0.2, -0.15) is 0 Å². The number of nitrogens with two attached hydrogens (primary N) is 1. The fourth-order valence-electron chi connectivity index (χ4n) is 2.08. The van der Waals surface area contributed by atoms with Crippen molar-refractivity contribution in [3.05, 3.63) is 28.2 Å². The molecule has 3 N–H and O–H groups in total. The molecule has 1 aliphatic heterocycles. The zero-order chi connectivity index (χ0) is 13.1. The van der Waals surface area contributed by atoms with E-state index in [2.05, 4.69) is 27.9 Å². The fourth-order valence-corrected chi connectivity index (χ4v) is 2.65. The predicted molar refractivity (Wildman–Crippen MR) is 76.3 cm³/mol.